The van der Waals surface area contributed by atoms with E-state index < -0.39 is 40.0 Å². The molecule has 2 N–H and O–H groups in total. The first kappa shape index (κ1) is 26.5. The lowest BCUT2D eigenvalue weighted by Gasteiger charge is -2.11. The zero-order valence-corrected chi connectivity index (χ0v) is 19.1. The summed E-state index contributed by atoms with van der Waals surface area (Å²) in [6.07, 6.45) is -5.01. The van der Waals surface area contributed by atoms with E-state index in [1.165, 1.54) is 25.1 Å². The Morgan fingerprint density at radius 3 is 2.58 bits per heavy atom. The third-order valence-corrected chi connectivity index (χ3v) is 5.17. The Kier molecular flexibility index (Phi) is 7.83. The highest BCUT2D eigenvalue weighted by atomic mass is 35.5. The quantitative estimate of drug-likeness (QED) is 0.232. The number of amides is 1. The van der Waals surface area contributed by atoms with Gasteiger partial charge in [-0.05, 0) is 30.7 Å². The summed E-state index contributed by atoms with van der Waals surface area (Å²) in [7, 11) is 0. The van der Waals surface area contributed by atoms with Crippen molar-refractivity contribution < 1.29 is 42.1 Å². The molecule has 36 heavy (non-hydrogen) atoms. The van der Waals surface area contributed by atoms with Crippen LogP contribution in [0.1, 0.15) is 27.2 Å². The number of carbonyl (C=O) groups is 2. The second-order valence-corrected chi connectivity index (χ2v) is 7.80. The van der Waals surface area contributed by atoms with E-state index in [9.17, 15) is 32.9 Å². The van der Waals surface area contributed by atoms with Crippen LogP contribution in [0, 0.1) is 17.0 Å². The van der Waals surface area contributed by atoms with Gasteiger partial charge >= 0.3 is 17.8 Å². The predicted octanol–water partition coefficient (Wildman–Crippen LogP) is 4.67. The standard InChI is InChI=1S/C22H17ClF3N3O7/c1-11-19(20(28-36-11)14-4-2-12(8-15(14)23)9-18(30)31)21(32)27-6-7-35-17-5-3-13(22(24,25)26)10-16(17)29(33)34/h2-5,8,10H,6-7,9H2,1H3,(H,27,32)(H,30,31). The molecule has 0 aliphatic carbocycles. The van der Waals surface area contributed by atoms with Gasteiger partial charge in [0.15, 0.2) is 5.75 Å². The number of carboxylic acids is 1. The van der Waals surface area contributed by atoms with Crippen LogP contribution in [0.4, 0.5) is 18.9 Å². The van der Waals surface area contributed by atoms with Crippen molar-refractivity contribution in [1.29, 1.82) is 0 Å². The molecule has 14 heteroatoms. The molecule has 190 valence electrons. The van der Waals surface area contributed by atoms with Gasteiger partial charge in [-0.3, -0.25) is 19.7 Å². The Labute approximate surface area is 205 Å². The number of nitrogens with zero attached hydrogens (tertiary/aromatic N) is 2. The summed E-state index contributed by atoms with van der Waals surface area (Å²) in [4.78, 5) is 33.8. The molecule has 1 heterocycles. The number of aromatic nitrogens is 1. The molecule has 0 fully saturated rings. The molecular formula is C22H17ClF3N3O7. The van der Waals surface area contributed by atoms with E-state index in [0.717, 1.165) is 6.07 Å². The zero-order chi connectivity index (χ0) is 26.6. The number of halogens is 4. The zero-order valence-electron chi connectivity index (χ0n) is 18.4. The van der Waals surface area contributed by atoms with Crippen LogP contribution in [0.15, 0.2) is 40.9 Å². The summed E-state index contributed by atoms with van der Waals surface area (Å²) in [6, 6.07) is 6.31. The smallest absolute Gasteiger partial charge is 0.416 e. The van der Waals surface area contributed by atoms with Crippen LogP contribution < -0.4 is 10.1 Å². The van der Waals surface area contributed by atoms with Gasteiger partial charge in [-0.25, -0.2) is 0 Å². The largest absolute Gasteiger partial charge is 0.485 e. The number of nitrogens with one attached hydrogen (secondary N) is 1. The monoisotopic (exact) mass is 527 g/mol. The molecule has 2 aromatic carbocycles. The fraction of sp³-hybridized carbons (Fsp3) is 0.227. The van der Waals surface area contributed by atoms with Gasteiger partial charge in [-0.2, -0.15) is 13.2 Å². The number of rotatable bonds is 9. The molecule has 1 aromatic heterocycles. The average Bonchev–Trinajstić information content (AvgIpc) is 3.16. The number of nitro benzene ring substituents is 1. The first-order valence-corrected chi connectivity index (χ1v) is 10.5. The summed E-state index contributed by atoms with van der Waals surface area (Å²) < 4.78 is 48.8. The summed E-state index contributed by atoms with van der Waals surface area (Å²) in [5, 5.41) is 26.6. The topological polar surface area (TPSA) is 145 Å². The van der Waals surface area contributed by atoms with Gasteiger partial charge in [0.25, 0.3) is 5.91 Å². The number of hydrogen-bond acceptors (Lipinski definition) is 7. The first-order chi connectivity index (χ1) is 16.9. The fourth-order valence-electron chi connectivity index (χ4n) is 3.23. The van der Waals surface area contributed by atoms with Gasteiger partial charge in [0, 0.05) is 11.6 Å². The summed E-state index contributed by atoms with van der Waals surface area (Å²) in [5.41, 5.74) is -1.14. The molecular weight excluding hydrogens is 511 g/mol. The van der Waals surface area contributed by atoms with Gasteiger partial charge in [0.1, 0.15) is 23.6 Å². The van der Waals surface area contributed by atoms with Crippen molar-refractivity contribution in [3.8, 4) is 17.0 Å². The van der Waals surface area contributed by atoms with Crippen LogP contribution in [-0.2, 0) is 17.4 Å². The Hall–Kier alpha value is -4.13. The van der Waals surface area contributed by atoms with Crippen molar-refractivity contribution in [1.82, 2.24) is 10.5 Å². The fourth-order valence-corrected chi connectivity index (χ4v) is 3.52. The van der Waals surface area contributed by atoms with Crippen molar-refractivity contribution in [3.63, 3.8) is 0 Å². The lowest BCUT2D eigenvalue weighted by Crippen LogP contribution is -2.28. The second-order valence-electron chi connectivity index (χ2n) is 7.39. The number of aryl methyl sites for hydroxylation is 1. The molecule has 0 spiro atoms. The molecule has 0 radical (unpaired) electrons. The highest BCUT2D eigenvalue weighted by molar-refractivity contribution is 6.33. The van der Waals surface area contributed by atoms with Crippen molar-refractivity contribution in [2.45, 2.75) is 19.5 Å². The van der Waals surface area contributed by atoms with Crippen LogP contribution in [0.3, 0.4) is 0 Å². The average molecular weight is 528 g/mol. The molecule has 0 aliphatic rings. The predicted molar refractivity (Wildman–Crippen MR) is 119 cm³/mol. The van der Waals surface area contributed by atoms with Crippen LogP contribution >= 0.6 is 11.6 Å². The second kappa shape index (κ2) is 10.6. The van der Waals surface area contributed by atoms with E-state index in [0.29, 0.717) is 23.3 Å². The number of carboxylic acid groups (broad SMARTS) is 1. The minimum Gasteiger partial charge on any atom is -0.485 e. The van der Waals surface area contributed by atoms with Crippen LogP contribution in [0.5, 0.6) is 5.75 Å². The first-order valence-electron chi connectivity index (χ1n) is 10.1. The maximum atomic E-state index is 12.8. The van der Waals surface area contributed by atoms with Crippen LogP contribution in [-0.4, -0.2) is 40.2 Å². The number of benzene rings is 2. The van der Waals surface area contributed by atoms with Gasteiger partial charge in [0.2, 0.25) is 0 Å². The van der Waals surface area contributed by atoms with Crippen molar-refractivity contribution in [3.05, 3.63) is 74.0 Å². The Morgan fingerprint density at radius 1 is 1.25 bits per heavy atom. The molecule has 0 saturated carbocycles. The summed E-state index contributed by atoms with van der Waals surface area (Å²) in [6.45, 7) is 1.04. The van der Waals surface area contributed by atoms with Crippen LogP contribution in [0.25, 0.3) is 11.3 Å². The molecule has 0 unspecified atom stereocenters. The van der Waals surface area contributed by atoms with E-state index in [2.05, 4.69) is 10.5 Å². The normalized spacial score (nSPS) is 11.2. The lowest BCUT2D eigenvalue weighted by atomic mass is 10.0. The lowest BCUT2D eigenvalue weighted by molar-refractivity contribution is -0.386. The van der Waals surface area contributed by atoms with E-state index in [-0.39, 0.29) is 41.6 Å². The Morgan fingerprint density at radius 2 is 1.97 bits per heavy atom. The molecule has 0 atom stereocenters. The number of ether oxygens (including phenoxy) is 1. The van der Waals surface area contributed by atoms with Gasteiger partial charge in [-0.1, -0.05) is 28.9 Å². The summed E-state index contributed by atoms with van der Waals surface area (Å²) >= 11 is 6.26. The number of aliphatic carboxylic acids is 1. The molecule has 3 aromatic rings. The maximum absolute atomic E-state index is 12.8. The van der Waals surface area contributed by atoms with E-state index in [1.807, 2.05) is 0 Å². The minimum atomic E-state index is -4.76. The van der Waals surface area contributed by atoms with Gasteiger partial charge < -0.3 is 19.7 Å². The Bertz CT molecular complexity index is 1320. The van der Waals surface area contributed by atoms with Crippen LogP contribution in [0.2, 0.25) is 5.02 Å². The molecule has 10 nitrogen and oxygen atoms in total. The maximum Gasteiger partial charge on any atom is 0.416 e. The van der Waals surface area contributed by atoms with Crippen molar-refractivity contribution >= 4 is 29.2 Å². The third-order valence-electron chi connectivity index (χ3n) is 4.86. The Balaban J connectivity index is 1.70. The number of carbonyl (C=O) groups excluding carboxylic acids is 1. The number of nitro groups is 1. The van der Waals surface area contributed by atoms with Gasteiger partial charge in [0.05, 0.1) is 28.5 Å². The van der Waals surface area contributed by atoms with E-state index >= 15 is 0 Å². The van der Waals surface area contributed by atoms with E-state index in [1.54, 1.807) is 0 Å². The van der Waals surface area contributed by atoms with E-state index in [4.69, 9.17) is 26.0 Å². The van der Waals surface area contributed by atoms with Crippen molar-refractivity contribution in [2.75, 3.05) is 13.2 Å². The highest BCUT2D eigenvalue weighted by Gasteiger charge is 2.33. The number of alkyl halides is 3. The highest BCUT2D eigenvalue weighted by Crippen LogP contribution is 2.36. The summed E-state index contributed by atoms with van der Waals surface area (Å²) in [5.74, 6) is -1.91. The molecule has 0 bridgehead atoms. The van der Waals surface area contributed by atoms with Crippen molar-refractivity contribution in [2.24, 2.45) is 0 Å². The molecule has 0 saturated heterocycles. The molecule has 3 rings (SSSR count). The molecule has 1 amide bonds. The third kappa shape index (κ3) is 6.10. The van der Waals surface area contributed by atoms with Gasteiger partial charge in [-0.15, -0.1) is 0 Å². The minimum absolute atomic E-state index is 0.0448. The number of hydrogen-bond donors (Lipinski definition) is 2. The molecule has 0 aliphatic heterocycles. The SMILES string of the molecule is Cc1onc(-c2ccc(CC(=O)O)cc2Cl)c1C(=O)NCCOc1ccc(C(F)(F)F)cc1[N+](=O)[O-].